The molecule has 2 aromatic rings. The van der Waals surface area contributed by atoms with Crippen LogP contribution in [0.2, 0.25) is 5.02 Å². The number of benzene rings is 2. The summed E-state index contributed by atoms with van der Waals surface area (Å²) in [5.74, 6) is -1.95. The normalized spacial score (nSPS) is 18.9. The van der Waals surface area contributed by atoms with E-state index in [1.165, 1.54) is 12.1 Å². The van der Waals surface area contributed by atoms with Crippen LogP contribution in [-0.4, -0.2) is 22.8 Å². The maximum absolute atomic E-state index is 14.1. The van der Waals surface area contributed by atoms with Crippen molar-refractivity contribution in [3.63, 3.8) is 0 Å². The minimum atomic E-state index is -1.08. The van der Waals surface area contributed by atoms with Gasteiger partial charge < -0.3 is 4.74 Å². The van der Waals surface area contributed by atoms with E-state index in [1.54, 1.807) is 33.8 Å². The van der Waals surface area contributed by atoms with E-state index in [0.717, 1.165) is 22.3 Å². The molecule has 0 bridgehead atoms. The summed E-state index contributed by atoms with van der Waals surface area (Å²) < 4.78 is 20.0. The van der Waals surface area contributed by atoms with Crippen molar-refractivity contribution in [2.24, 2.45) is 0 Å². The van der Waals surface area contributed by atoms with E-state index in [9.17, 15) is 14.0 Å². The zero-order chi connectivity index (χ0) is 21.9. The molecule has 1 aliphatic rings. The van der Waals surface area contributed by atoms with Crippen LogP contribution in [0.1, 0.15) is 55.9 Å². The van der Waals surface area contributed by atoms with Crippen molar-refractivity contribution in [3.8, 4) is 11.1 Å². The van der Waals surface area contributed by atoms with Crippen molar-refractivity contribution in [2.45, 2.75) is 65.6 Å². The van der Waals surface area contributed by atoms with E-state index >= 15 is 0 Å². The van der Waals surface area contributed by atoms with Gasteiger partial charge in [-0.05, 0) is 94.0 Å². The third-order valence-corrected chi connectivity index (χ3v) is 6.06. The number of Topliss-reactive ketones (excluding diaryl/α,β-unsaturated/α-hetero) is 2. The van der Waals surface area contributed by atoms with Crippen LogP contribution in [0.3, 0.4) is 0 Å². The van der Waals surface area contributed by atoms with Crippen LogP contribution in [0.15, 0.2) is 24.3 Å². The highest BCUT2D eigenvalue weighted by atomic mass is 35.5. The molecule has 0 aromatic heterocycles. The number of carbonyl (C=O) groups is 2. The molecule has 0 atom stereocenters. The highest BCUT2D eigenvalue weighted by molar-refractivity contribution is 6.30. The molecule has 0 radical (unpaired) electrons. The SMILES string of the molecule is Cc1cc(C)c(C2C(=O)C(C)(C)OC(C)(C)C2=O)c(C)c1-c1ccc(Cl)c(F)c1. The first-order valence-corrected chi connectivity index (χ1v) is 10.0. The highest BCUT2D eigenvalue weighted by Gasteiger charge is 2.53. The average molecular weight is 417 g/mol. The minimum absolute atomic E-state index is 0.0506. The van der Waals surface area contributed by atoms with Gasteiger partial charge in [0.15, 0.2) is 11.6 Å². The Morgan fingerprint density at radius 1 is 0.931 bits per heavy atom. The van der Waals surface area contributed by atoms with Crippen LogP contribution in [0.4, 0.5) is 4.39 Å². The first-order chi connectivity index (χ1) is 13.3. The fourth-order valence-corrected chi connectivity index (χ4v) is 4.67. The second kappa shape index (κ2) is 7.03. The summed E-state index contributed by atoms with van der Waals surface area (Å²) >= 11 is 5.85. The van der Waals surface area contributed by atoms with Crippen LogP contribution in [0, 0.1) is 26.6 Å². The largest absolute Gasteiger partial charge is 0.354 e. The Labute approximate surface area is 176 Å². The van der Waals surface area contributed by atoms with Crippen LogP contribution < -0.4 is 0 Å². The molecule has 0 unspecified atom stereocenters. The molecule has 1 aliphatic heterocycles. The van der Waals surface area contributed by atoms with Crippen LogP contribution >= 0.6 is 11.6 Å². The molecular formula is C24H26ClFO3. The van der Waals surface area contributed by atoms with Gasteiger partial charge in [0, 0.05) is 0 Å². The van der Waals surface area contributed by atoms with Gasteiger partial charge in [-0.1, -0.05) is 23.7 Å². The fourth-order valence-electron chi connectivity index (χ4n) is 4.56. The number of hydrogen-bond donors (Lipinski definition) is 0. The van der Waals surface area contributed by atoms with Gasteiger partial charge in [-0.25, -0.2) is 4.39 Å². The van der Waals surface area contributed by atoms with Crippen molar-refractivity contribution in [2.75, 3.05) is 0 Å². The first-order valence-electron chi connectivity index (χ1n) is 9.63. The number of aryl methyl sites for hydroxylation is 2. The Hall–Kier alpha value is -2.04. The predicted molar refractivity (Wildman–Crippen MR) is 113 cm³/mol. The van der Waals surface area contributed by atoms with E-state index < -0.39 is 22.9 Å². The molecular weight excluding hydrogens is 391 g/mol. The summed E-state index contributed by atoms with van der Waals surface area (Å²) in [5.41, 5.74) is 2.58. The molecule has 0 spiro atoms. The topological polar surface area (TPSA) is 43.4 Å². The summed E-state index contributed by atoms with van der Waals surface area (Å²) in [6, 6.07) is 6.60. The van der Waals surface area contributed by atoms with Gasteiger partial charge in [-0.2, -0.15) is 0 Å². The smallest absolute Gasteiger partial charge is 0.179 e. The number of hydrogen-bond acceptors (Lipinski definition) is 3. The van der Waals surface area contributed by atoms with Crippen molar-refractivity contribution in [1.82, 2.24) is 0 Å². The van der Waals surface area contributed by atoms with E-state index in [-0.39, 0.29) is 16.6 Å². The molecule has 0 saturated carbocycles. The number of ether oxygens (including phenoxy) is 1. The summed E-state index contributed by atoms with van der Waals surface area (Å²) in [4.78, 5) is 26.5. The maximum Gasteiger partial charge on any atom is 0.179 e. The van der Waals surface area contributed by atoms with E-state index in [0.29, 0.717) is 11.1 Å². The molecule has 1 saturated heterocycles. The number of ketones is 2. The summed E-state index contributed by atoms with van der Waals surface area (Å²) in [7, 11) is 0. The monoisotopic (exact) mass is 416 g/mol. The van der Waals surface area contributed by atoms with E-state index in [1.807, 2.05) is 26.8 Å². The van der Waals surface area contributed by atoms with Crippen LogP contribution in [0.25, 0.3) is 11.1 Å². The van der Waals surface area contributed by atoms with Crippen molar-refractivity contribution in [3.05, 3.63) is 57.4 Å². The Balaban J connectivity index is 2.29. The Bertz CT molecular complexity index is 1010. The Morgan fingerprint density at radius 2 is 1.48 bits per heavy atom. The average Bonchev–Trinajstić information content (AvgIpc) is 2.58. The highest BCUT2D eigenvalue weighted by Crippen LogP contribution is 2.43. The minimum Gasteiger partial charge on any atom is -0.354 e. The summed E-state index contributed by atoms with van der Waals surface area (Å²) in [5, 5.41) is 0.0506. The number of rotatable bonds is 2. The summed E-state index contributed by atoms with van der Waals surface area (Å²) in [6.07, 6.45) is 0. The fraction of sp³-hybridized carbons (Fsp3) is 0.417. The van der Waals surface area contributed by atoms with Gasteiger partial charge in [0.2, 0.25) is 0 Å². The zero-order valence-corrected chi connectivity index (χ0v) is 18.6. The molecule has 29 heavy (non-hydrogen) atoms. The maximum atomic E-state index is 14.1. The third kappa shape index (κ3) is 3.53. The van der Waals surface area contributed by atoms with Gasteiger partial charge in [0.25, 0.3) is 0 Å². The zero-order valence-electron chi connectivity index (χ0n) is 17.9. The number of carbonyl (C=O) groups excluding carboxylic acids is 2. The molecule has 154 valence electrons. The van der Waals surface area contributed by atoms with Gasteiger partial charge in [-0.3, -0.25) is 9.59 Å². The standard InChI is InChI=1S/C24H26ClFO3/c1-12-10-13(2)19(14(3)18(12)15-8-9-16(25)17(26)11-15)20-21(27)23(4,5)29-24(6,7)22(20)28/h8-11,20H,1-7H3. The third-order valence-electron chi connectivity index (χ3n) is 5.75. The molecule has 3 rings (SSSR count). The second-order valence-electron chi connectivity index (χ2n) is 8.84. The van der Waals surface area contributed by atoms with E-state index in [2.05, 4.69) is 0 Å². The van der Waals surface area contributed by atoms with Gasteiger partial charge >= 0.3 is 0 Å². The van der Waals surface area contributed by atoms with Gasteiger partial charge in [0.1, 0.15) is 22.9 Å². The molecule has 0 amide bonds. The molecule has 1 fully saturated rings. The van der Waals surface area contributed by atoms with E-state index in [4.69, 9.17) is 16.3 Å². The lowest BCUT2D eigenvalue weighted by Gasteiger charge is -2.43. The van der Waals surface area contributed by atoms with Crippen molar-refractivity contribution in [1.29, 1.82) is 0 Å². The predicted octanol–water partition coefficient (Wildman–Crippen LogP) is 5.88. The Morgan fingerprint density at radius 3 is 2.00 bits per heavy atom. The van der Waals surface area contributed by atoms with Crippen LogP contribution in [-0.2, 0) is 14.3 Å². The molecule has 0 N–H and O–H groups in total. The lowest BCUT2D eigenvalue weighted by Crippen LogP contribution is -2.58. The van der Waals surface area contributed by atoms with Gasteiger partial charge in [0.05, 0.1) is 5.02 Å². The molecule has 5 heteroatoms. The number of halogens is 2. The quantitative estimate of drug-likeness (QED) is 0.574. The first kappa shape index (κ1) is 21.7. The lowest BCUT2D eigenvalue weighted by molar-refractivity contribution is -0.184. The van der Waals surface area contributed by atoms with Crippen LogP contribution in [0.5, 0.6) is 0 Å². The second-order valence-corrected chi connectivity index (χ2v) is 9.24. The molecule has 0 aliphatic carbocycles. The Kier molecular flexibility index (Phi) is 5.25. The van der Waals surface area contributed by atoms with Crippen molar-refractivity contribution >= 4 is 23.2 Å². The lowest BCUT2D eigenvalue weighted by atomic mass is 9.71. The van der Waals surface area contributed by atoms with Crippen molar-refractivity contribution < 1.29 is 18.7 Å². The molecule has 2 aromatic carbocycles. The summed E-state index contributed by atoms with van der Waals surface area (Å²) in [6.45, 7) is 12.5. The van der Waals surface area contributed by atoms with Gasteiger partial charge in [-0.15, -0.1) is 0 Å². The molecule has 3 nitrogen and oxygen atoms in total. The molecule has 1 heterocycles.